The number of phenolic OH excluding ortho intramolecular Hbond substituents is 1. The van der Waals surface area contributed by atoms with Gasteiger partial charge in [0.1, 0.15) is 5.52 Å². The highest BCUT2D eigenvalue weighted by atomic mass is 16.6. The summed E-state index contributed by atoms with van der Waals surface area (Å²) < 4.78 is 5.30. The number of nitro groups is 1. The Bertz CT molecular complexity index is 683. The number of hydrogen-bond donors (Lipinski definition) is 1. The number of hydrogen-bond acceptors (Lipinski definition) is 6. The summed E-state index contributed by atoms with van der Waals surface area (Å²) >= 11 is 0. The number of rotatable bonds is 3. The number of nitrogens with zero attached hydrogens (tertiary/aromatic N) is 3. The van der Waals surface area contributed by atoms with Crippen LogP contribution < -0.4 is 0 Å². The fraction of sp³-hybridized carbons (Fsp3) is 0.357. The Hall–Kier alpha value is -2.25. The van der Waals surface area contributed by atoms with E-state index in [1.807, 2.05) is 6.07 Å². The van der Waals surface area contributed by atoms with Crippen LogP contribution in [0.2, 0.25) is 0 Å². The molecule has 0 amide bonds. The highest BCUT2D eigenvalue weighted by Crippen LogP contribution is 2.32. The molecule has 21 heavy (non-hydrogen) atoms. The average molecular weight is 289 g/mol. The molecule has 0 bridgehead atoms. The Kier molecular flexibility index (Phi) is 3.68. The van der Waals surface area contributed by atoms with Gasteiger partial charge in [-0.3, -0.25) is 20.0 Å². The van der Waals surface area contributed by atoms with Crippen LogP contribution >= 0.6 is 0 Å². The van der Waals surface area contributed by atoms with Crippen LogP contribution in [0.1, 0.15) is 5.56 Å². The summed E-state index contributed by atoms with van der Waals surface area (Å²) in [5.41, 5.74) is 0.948. The van der Waals surface area contributed by atoms with Gasteiger partial charge in [0.15, 0.2) is 0 Å². The molecular formula is C14H15N3O4. The van der Waals surface area contributed by atoms with Gasteiger partial charge in [0.25, 0.3) is 0 Å². The number of morpholine rings is 1. The van der Waals surface area contributed by atoms with Crippen molar-refractivity contribution in [2.75, 3.05) is 26.3 Å². The SMILES string of the molecule is O=[N+]([O-])c1ccc2cc(CN3CCOCC3)cnc2c1O. The van der Waals surface area contributed by atoms with E-state index in [1.54, 1.807) is 12.3 Å². The minimum Gasteiger partial charge on any atom is -0.501 e. The first kappa shape index (κ1) is 13.7. The quantitative estimate of drug-likeness (QED) is 0.683. The maximum absolute atomic E-state index is 10.8. The molecule has 110 valence electrons. The number of fused-ring (bicyclic) bond motifs is 1. The number of aromatic nitrogens is 1. The van der Waals surface area contributed by atoms with Gasteiger partial charge < -0.3 is 9.84 Å². The topological polar surface area (TPSA) is 88.7 Å². The summed E-state index contributed by atoms with van der Waals surface area (Å²) in [5.74, 6) is -0.379. The zero-order valence-electron chi connectivity index (χ0n) is 11.4. The van der Waals surface area contributed by atoms with Gasteiger partial charge in [0, 0.05) is 37.3 Å². The Balaban J connectivity index is 1.90. The number of aromatic hydroxyl groups is 1. The largest absolute Gasteiger partial charge is 0.501 e. The fourth-order valence-corrected chi connectivity index (χ4v) is 2.47. The van der Waals surface area contributed by atoms with E-state index in [0.717, 1.165) is 38.4 Å². The van der Waals surface area contributed by atoms with Gasteiger partial charge in [-0.15, -0.1) is 0 Å². The molecule has 0 saturated carbocycles. The van der Waals surface area contributed by atoms with E-state index in [2.05, 4.69) is 9.88 Å². The van der Waals surface area contributed by atoms with Gasteiger partial charge in [0.05, 0.1) is 18.1 Å². The summed E-state index contributed by atoms with van der Waals surface area (Å²) in [6.07, 6.45) is 1.65. The van der Waals surface area contributed by atoms with E-state index in [4.69, 9.17) is 4.74 Å². The van der Waals surface area contributed by atoms with Crippen LogP contribution in [0.3, 0.4) is 0 Å². The third-order valence-corrected chi connectivity index (χ3v) is 3.57. The van der Waals surface area contributed by atoms with Crippen LogP contribution in [-0.4, -0.2) is 46.2 Å². The predicted octanol–water partition coefficient (Wildman–Crippen LogP) is 1.68. The van der Waals surface area contributed by atoms with E-state index >= 15 is 0 Å². The van der Waals surface area contributed by atoms with Crippen LogP contribution in [0.15, 0.2) is 24.4 Å². The number of phenols is 1. The van der Waals surface area contributed by atoms with Crippen molar-refractivity contribution in [3.8, 4) is 5.75 Å². The number of nitro benzene ring substituents is 1. The second-order valence-electron chi connectivity index (χ2n) is 4.99. The molecule has 1 saturated heterocycles. The molecular weight excluding hydrogens is 274 g/mol. The molecule has 3 rings (SSSR count). The van der Waals surface area contributed by atoms with Gasteiger partial charge >= 0.3 is 5.69 Å². The average Bonchev–Trinajstić information content (AvgIpc) is 2.48. The molecule has 0 aliphatic carbocycles. The van der Waals surface area contributed by atoms with Crippen molar-refractivity contribution in [3.05, 3.63) is 40.1 Å². The first-order valence-corrected chi connectivity index (χ1v) is 6.70. The predicted molar refractivity (Wildman–Crippen MR) is 76.2 cm³/mol. The molecule has 1 aliphatic rings. The molecule has 7 nitrogen and oxygen atoms in total. The molecule has 0 radical (unpaired) electrons. The smallest absolute Gasteiger partial charge is 0.313 e. The van der Waals surface area contributed by atoms with E-state index in [0.29, 0.717) is 5.39 Å². The van der Waals surface area contributed by atoms with Crippen molar-refractivity contribution in [1.29, 1.82) is 0 Å². The van der Waals surface area contributed by atoms with E-state index in [9.17, 15) is 15.2 Å². The zero-order valence-corrected chi connectivity index (χ0v) is 11.4. The van der Waals surface area contributed by atoms with Gasteiger partial charge in [-0.05, 0) is 17.7 Å². The third-order valence-electron chi connectivity index (χ3n) is 3.57. The monoisotopic (exact) mass is 289 g/mol. The summed E-state index contributed by atoms with van der Waals surface area (Å²) in [4.78, 5) is 16.6. The minimum atomic E-state index is -0.613. The molecule has 0 atom stereocenters. The Labute approximate surface area is 120 Å². The van der Waals surface area contributed by atoms with Gasteiger partial charge in [-0.2, -0.15) is 0 Å². The second-order valence-corrected chi connectivity index (χ2v) is 4.99. The normalized spacial score (nSPS) is 16.2. The van der Waals surface area contributed by atoms with Crippen LogP contribution in [-0.2, 0) is 11.3 Å². The Morgan fingerprint density at radius 1 is 1.38 bits per heavy atom. The van der Waals surface area contributed by atoms with E-state index in [-0.39, 0.29) is 17.0 Å². The molecule has 2 heterocycles. The van der Waals surface area contributed by atoms with Gasteiger partial charge in [0.2, 0.25) is 5.75 Å². The number of ether oxygens (including phenoxy) is 1. The molecule has 1 aromatic carbocycles. The first-order chi connectivity index (χ1) is 10.1. The highest BCUT2D eigenvalue weighted by molar-refractivity contribution is 5.88. The molecule has 0 spiro atoms. The van der Waals surface area contributed by atoms with Crippen molar-refractivity contribution < 1.29 is 14.8 Å². The van der Waals surface area contributed by atoms with Crippen molar-refractivity contribution in [1.82, 2.24) is 9.88 Å². The molecule has 1 fully saturated rings. The lowest BCUT2D eigenvalue weighted by Crippen LogP contribution is -2.35. The van der Waals surface area contributed by atoms with Gasteiger partial charge in [-0.1, -0.05) is 0 Å². The first-order valence-electron chi connectivity index (χ1n) is 6.70. The molecule has 7 heteroatoms. The molecule has 1 N–H and O–H groups in total. The Morgan fingerprint density at radius 3 is 2.86 bits per heavy atom. The molecule has 1 aromatic heterocycles. The Morgan fingerprint density at radius 2 is 2.14 bits per heavy atom. The lowest BCUT2D eigenvalue weighted by molar-refractivity contribution is -0.385. The van der Waals surface area contributed by atoms with Gasteiger partial charge in [-0.25, -0.2) is 0 Å². The summed E-state index contributed by atoms with van der Waals surface area (Å²) in [6.45, 7) is 3.97. The van der Waals surface area contributed by atoms with Crippen LogP contribution in [0.25, 0.3) is 10.9 Å². The molecule has 0 unspecified atom stereocenters. The summed E-state index contributed by atoms with van der Waals surface area (Å²) in [7, 11) is 0. The van der Waals surface area contributed by atoms with Crippen molar-refractivity contribution in [2.45, 2.75) is 6.54 Å². The lowest BCUT2D eigenvalue weighted by Gasteiger charge is -2.26. The highest BCUT2D eigenvalue weighted by Gasteiger charge is 2.17. The van der Waals surface area contributed by atoms with E-state index in [1.165, 1.54) is 6.07 Å². The molecule has 1 aliphatic heterocycles. The number of pyridine rings is 1. The lowest BCUT2D eigenvalue weighted by atomic mass is 10.1. The van der Waals surface area contributed by atoms with Crippen molar-refractivity contribution in [3.63, 3.8) is 0 Å². The minimum absolute atomic E-state index is 0.259. The second kappa shape index (κ2) is 5.63. The van der Waals surface area contributed by atoms with Crippen LogP contribution in [0.4, 0.5) is 5.69 Å². The maximum Gasteiger partial charge on any atom is 0.313 e. The zero-order chi connectivity index (χ0) is 14.8. The van der Waals surface area contributed by atoms with E-state index < -0.39 is 4.92 Å². The maximum atomic E-state index is 10.8. The van der Waals surface area contributed by atoms with Crippen molar-refractivity contribution in [2.24, 2.45) is 0 Å². The van der Waals surface area contributed by atoms with Crippen molar-refractivity contribution >= 4 is 16.6 Å². The van der Waals surface area contributed by atoms with Crippen LogP contribution in [0, 0.1) is 10.1 Å². The molecule has 2 aromatic rings. The third kappa shape index (κ3) is 2.79. The standard InChI is InChI=1S/C14H15N3O4/c18-14-12(17(19)20)2-1-11-7-10(8-15-13(11)14)9-16-3-5-21-6-4-16/h1-2,7-8,18H,3-6,9H2. The summed E-state index contributed by atoms with van der Waals surface area (Å²) in [6, 6.07) is 4.82. The fourth-order valence-electron chi connectivity index (χ4n) is 2.47. The summed E-state index contributed by atoms with van der Waals surface area (Å²) in [5, 5.41) is 21.4. The van der Waals surface area contributed by atoms with Crippen LogP contribution in [0.5, 0.6) is 5.75 Å². The number of benzene rings is 1.